The molecule has 0 spiro atoms. The summed E-state index contributed by atoms with van der Waals surface area (Å²) in [6.07, 6.45) is 1.19. The fourth-order valence-corrected chi connectivity index (χ4v) is 2.76. The molecule has 0 rings (SSSR count). The van der Waals surface area contributed by atoms with Crippen molar-refractivity contribution in [2.45, 2.75) is 25.3 Å². The van der Waals surface area contributed by atoms with Gasteiger partial charge in [-0.25, -0.2) is 4.79 Å². The second-order valence-corrected chi connectivity index (χ2v) is 7.77. The van der Waals surface area contributed by atoms with Crippen molar-refractivity contribution in [1.29, 1.82) is 0 Å². The number of carboxylic acid groups (broad SMARTS) is 1. The van der Waals surface area contributed by atoms with Gasteiger partial charge in [0.25, 0.3) is 0 Å². The Bertz CT molecular complexity index is 779. The Balaban J connectivity index is 3.68. The Morgan fingerprint density at radius 3 is 1.60 bits per heavy atom. The molecule has 40 heavy (non-hydrogen) atoms. The molecule has 0 bridgehead atoms. The molecule has 0 radical (unpaired) electrons. The van der Waals surface area contributed by atoms with Crippen molar-refractivity contribution < 1.29 is 47.9 Å². The number of carbonyl (C=O) groups excluding carboxylic acids is 2. The highest BCUT2D eigenvalue weighted by molar-refractivity contribution is 5.84. The molecule has 0 unspecified atom stereocenters. The SMILES string of the molecule is [N-]=[N+]=NCCOCCOCCOCC(=O)NCCCC[C@H](NC(=O)COCCOCCOCCN=[N+]=[N-])C(=O)O. The smallest absolute Gasteiger partial charge is 0.326 e. The summed E-state index contributed by atoms with van der Waals surface area (Å²) in [7, 11) is 0. The molecule has 0 saturated heterocycles. The second kappa shape index (κ2) is 28.8. The van der Waals surface area contributed by atoms with Gasteiger partial charge in [0.2, 0.25) is 11.8 Å². The molecule has 0 aliphatic rings. The number of hydrogen-bond donors (Lipinski definition) is 3. The molecular formula is C22H40N8O10. The lowest BCUT2D eigenvalue weighted by atomic mass is 10.1. The number of hydrogen-bond acceptors (Lipinski definition) is 11. The van der Waals surface area contributed by atoms with Crippen LogP contribution in [0.3, 0.4) is 0 Å². The molecular weight excluding hydrogens is 536 g/mol. The van der Waals surface area contributed by atoms with Crippen LogP contribution in [-0.4, -0.2) is 128 Å². The van der Waals surface area contributed by atoms with Gasteiger partial charge in [0.05, 0.1) is 66.1 Å². The summed E-state index contributed by atoms with van der Waals surface area (Å²) in [6.45, 7) is 3.32. The quantitative estimate of drug-likeness (QED) is 0.0483. The van der Waals surface area contributed by atoms with Crippen LogP contribution >= 0.6 is 0 Å². The van der Waals surface area contributed by atoms with E-state index < -0.39 is 17.9 Å². The minimum absolute atomic E-state index is 0.127. The van der Waals surface area contributed by atoms with E-state index in [1.54, 1.807) is 0 Å². The summed E-state index contributed by atoms with van der Waals surface area (Å²) in [6, 6.07) is -1.06. The number of rotatable bonds is 29. The van der Waals surface area contributed by atoms with E-state index in [-0.39, 0.29) is 58.5 Å². The molecule has 0 fully saturated rings. The first-order valence-corrected chi connectivity index (χ1v) is 12.8. The van der Waals surface area contributed by atoms with Gasteiger partial charge in [0, 0.05) is 29.5 Å². The van der Waals surface area contributed by atoms with Gasteiger partial charge < -0.3 is 44.2 Å². The molecule has 2 amide bonds. The van der Waals surface area contributed by atoms with E-state index in [1.807, 2.05) is 0 Å². The van der Waals surface area contributed by atoms with Gasteiger partial charge in [-0.3, -0.25) is 9.59 Å². The summed E-state index contributed by atoms with van der Waals surface area (Å²) in [5.41, 5.74) is 16.2. The maximum absolute atomic E-state index is 11.9. The van der Waals surface area contributed by atoms with Crippen LogP contribution in [0.25, 0.3) is 20.9 Å². The molecule has 0 saturated carbocycles. The first kappa shape index (κ1) is 36.8. The molecule has 1 atom stereocenters. The van der Waals surface area contributed by atoms with E-state index in [0.717, 1.165) is 0 Å². The highest BCUT2D eigenvalue weighted by atomic mass is 16.5. The third-order valence-electron chi connectivity index (χ3n) is 4.63. The van der Waals surface area contributed by atoms with Crippen molar-refractivity contribution in [3.63, 3.8) is 0 Å². The number of nitrogens with zero attached hydrogens (tertiary/aromatic N) is 6. The Labute approximate surface area is 232 Å². The lowest BCUT2D eigenvalue weighted by Crippen LogP contribution is -2.42. The van der Waals surface area contributed by atoms with Crippen LogP contribution < -0.4 is 10.6 Å². The normalized spacial score (nSPS) is 11.2. The highest BCUT2D eigenvalue weighted by Gasteiger charge is 2.19. The molecule has 0 aromatic rings. The van der Waals surface area contributed by atoms with Crippen molar-refractivity contribution in [2.75, 3.05) is 98.9 Å². The molecule has 3 N–H and O–H groups in total. The van der Waals surface area contributed by atoms with Gasteiger partial charge in [0.1, 0.15) is 19.3 Å². The predicted octanol–water partition coefficient (Wildman–Crippen LogP) is 0.563. The molecule has 0 heterocycles. The zero-order valence-electron chi connectivity index (χ0n) is 22.6. The van der Waals surface area contributed by atoms with E-state index in [0.29, 0.717) is 65.6 Å². The van der Waals surface area contributed by atoms with Crippen LogP contribution in [0.15, 0.2) is 10.2 Å². The molecule has 228 valence electrons. The number of nitrogens with one attached hydrogen (secondary N) is 2. The van der Waals surface area contributed by atoms with Crippen LogP contribution in [0.4, 0.5) is 0 Å². The van der Waals surface area contributed by atoms with E-state index in [2.05, 4.69) is 30.7 Å². The monoisotopic (exact) mass is 576 g/mol. The number of ether oxygens (including phenoxy) is 6. The topological polar surface area (TPSA) is 248 Å². The molecule has 0 aliphatic carbocycles. The fraction of sp³-hybridized carbons (Fsp3) is 0.864. The van der Waals surface area contributed by atoms with Crippen LogP contribution in [-0.2, 0) is 42.8 Å². The minimum Gasteiger partial charge on any atom is -0.480 e. The average Bonchev–Trinajstić information content (AvgIpc) is 2.93. The number of carbonyl (C=O) groups is 3. The summed E-state index contributed by atoms with van der Waals surface area (Å²) in [5, 5.41) is 21.1. The predicted molar refractivity (Wildman–Crippen MR) is 139 cm³/mol. The van der Waals surface area contributed by atoms with Gasteiger partial charge in [-0.15, -0.1) is 0 Å². The second-order valence-electron chi connectivity index (χ2n) is 7.77. The zero-order valence-corrected chi connectivity index (χ0v) is 22.6. The van der Waals surface area contributed by atoms with Crippen LogP contribution in [0.1, 0.15) is 19.3 Å². The van der Waals surface area contributed by atoms with Crippen LogP contribution in [0.2, 0.25) is 0 Å². The van der Waals surface area contributed by atoms with Gasteiger partial charge in [-0.2, -0.15) is 0 Å². The van der Waals surface area contributed by atoms with E-state index >= 15 is 0 Å². The van der Waals surface area contributed by atoms with Crippen molar-refractivity contribution in [2.24, 2.45) is 10.2 Å². The van der Waals surface area contributed by atoms with Crippen molar-refractivity contribution >= 4 is 17.8 Å². The third kappa shape index (κ3) is 26.4. The molecule has 0 aliphatic heterocycles. The number of unbranched alkanes of at least 4 members (excludes halogenated alkanes) is 1. The molecule has 18 nitrogen and oxygen atoms in total. The first-order chi connectivity index (χ1) is 19.5. The summed E-state index contributed by atoms with van der Waals surface area (Å²) in [5.74, 6) is -2.01. The Kier molecular flexibility index (Phi) is 26.5. The minimum atomic E-state index is -1.16. The van der Waals surface area contributed by atoms with Crippen molar-refractivity contribution in [3.8, 4) is 0 Å². The Morgan fingerprint density at radius 2 is 1.12 bits per heavy atom. The molecule has 18 heteroatoms. The standard InChI is InChI=1S/C22H40N8O10/c23-29-26-5-7-35-9-11-37-13-15-39-17-20(31)25-4-2-1-3-19(22(33)34)28-21(32)18-40-16-14-38-12-10-36-8-6-27-30-24/h19H,1-18H2,(H,25,31)(H,28,32)(H,33,34)/t19-/m0/s1. The highest BCUT2D eigenvalue weighted by Crippen LogP contribution is 2.01. The van der Waals surface area contributed by atoms with E-state index in [9.17, 15) is 19.5 Å². The zero-order chi connectivity index (χ0) is 29.5. The van der Waals surface area contributed by atoms with Crippen molar-refractivity contribution in [3.05, 3.63) is 20.9 Å². The number of amides is 2. The largest absolute Gasteiger partial charge is 0.480 e. The van der Waals surface area contributed by atoms with Gasteiger partial charge >= 0.3 is 5.97 Å². The maximum Gasteiger partial charge on any atom is 0.326 e. The molecule has 0 aromatic heterocycles. The average molecular weight is 577 g/mol. The maximum atomic E-state index is 11.9. The van der Waals surface area contributed by atoms with Crippen LogP contribution in [0, 0.1) is 0 Å². The fourth-order valence-electron chi connectivity index (χ4n) is 2.76. The van der Waals surface area contributed by atoms with Crippen molar-refractivity contribution in [1.82, 2.24) is 10.6 Å². The third-order valence-corrected chi connectivity index (χ3v) is 4.63. The summed E-state index contributed by atoms with van der Waals surface area (Å²) in [4.78, 5) is 40.3. The number of aliphatic carboxylic acids is 1. The van der Waals surface area contributed by atoms with Gasteiger partial charge in [-0.05, 0) is 30.3 Å². The van der Waals surface area contributed by atoms with Gasteiger partial charge in [-0.1, -0.05) is 10.2 Å². The van der Waals surface area contributed by atoms with E-state index in [1.165, 1.54) is 0 Å². The number of carboxylic acids is 1. The van der Waals surface area contributed by atoms with Gasteiger partial charge in [0.15, 0.2) is 0 Å². The van der Waals surface area contributed by atoms with Crippen LogP contribution in [0.5, 0.6) is 0 Å². The number of azide groups is 2. The summed E-state index contributed by atoms with van der Waals surface area (Å²) >= 11 is 0. The molecule has 0 aromatic carbocycles. The first-order valence-electron chi connectivity index (χ1n) is 12.8. The Hall–Kier alpha value is -3.21. The summed E-state index contributed by atoms with van der Waals surface area (Å²) < 4.78 is 31.2. The Morgan fingerprint density at radius 1 is 0.675 bits per heavy atom. The lowest BCUT2D eigenvalue weighted by molar-refractivity contribution is -0.142. The lowest BCUT2D eigenvalue weighted by Gasteiger charge is -2.15. The van der Waals surface area contributed by atoms with E-state index in [4.69, 9.17) is 39.5 Å².